The number of ether oxygens (including phenoxy) is 4. The number of benzene rings is 5. The van der Waals surface area contributed by atoms with Gasteiger partial charge in [-0.15, -0.1) is 0 Å². The molecule has 53 heavy (non-hydrogen) atoms. The molecule has 0 aliphatic carbocycles. The number of carboxylic acid groups (broad SMARTS) is 2. The number of carbonyl (C=O) groups is 5. The van der Waals surface area contributed by atoms with E-state index in [1.165, 1.54) is 48.5 Å². The molecule has 15 nitrogen and oxygen atoms in total. The number of amides is 2. The zero-order chi connectivity index (χ0) is 37.4. The Labute approximate surface area is 298 Å². The van der Waals surface area contributed by atoms with Crippen LogP contribution in [0.1, 0.15) is 58.9 Å². The third-order valence-electron chi connectivity index (χ3n) is 8.53. The summed E-state index contributed by atoms with van der Waals surface area (Å²) in [5.41, 5.74) is 0.923. The lowest BCUT2D eigenvalue weighted by Gasteiger charge is -2.36. The minimum Gasteiger partial charge on any atom is -0.507 e. The van der Waals surface area contributed by atoms with Gasteiger partial charge in [-0.2, -0.15) is 0 Å². The van der Waals surface area contributed by atoms with Crippen LogP contribution in [0.15, 0.2) is 97.1 Å². The van der Waals surface area contributed by atoms with Crippen LogP contribution >= 0.6 is 0 Å². The van der Waals surface area contributed by atoms with Gasteiger partial charge in [0.1, 0.15) is 47.3 Å². The summed E-state index contributed by atoms with van der Waals surface area (Å²) in [6.45, 7) is -0.552. The van der Waals surface area contributed by atoms with E-state index < -0.39 is 47.2 Å². The van der Waals surface area contributed by atoms with Crippen molar-refractivity contribution in [3.05, 3.63) is 142 Å². The van der Waals surface area contributed by atoms with Gasteiger partial charge in [-0.3, -0.25) is 10.6 Å². The van der Waals surface area contributed by atoms with Crippen LogP contribution in [-0.2, 0) is 33.0 Å². The van der Waals surface area contributed by atoms with E-state index in [4.69, 9.17) is 29.2 Å². The smallest absolute Gasteiger partial charge is 0.411 e. The number of aromatic carboxylic acids is 2. The lowest BCUT2D eigenvalue weighted by atomic mass is 9.77. The highest BCUT2D eigenvalue weighted by molar-refractivity contribution is 5.97. The van der Waals surface area contributed by atoms with Crippen molar-refractivity contribution in [3.8, 4) is 23.0 Å². The van der Waals surface area contributed by atoms with Gasteiger partial charge in [-0.05, 0) is 65.7 Å². The van der Waals surface area contributed by atoms with E-state index in [9.17, 15) is 34.2 Å². The molecule has 6 N–H and O–H groups in total. The predicted octanol–water partition coefficient (Wildman–Crippen LogP) is 6.56. The van der Waals surface area contributed by atoms with Crippen LogP contribution in [0.5, 0.6) is 23.0 Å². The Morgan fingerprint density at radius 2 is 1.11 bits per heavy atom. The number of carboxylic acids is 2. The molecule has 2 heterocycles. The van der Waals surface area contributed by atoms with Crippen LogP contribution in [-0.4, -0.2) is 50.5 Å². The first-order valence-electron chi connectivity index (χ1n) is 15.7. The number of aromatic hydroxyl groups is 2. The van der Waals surface area contributed by atoms with Gasteiger partial charge in [0.05, 0.1) is 5.56 Å². The SMILES string of the molecule is O=C(Nc1ccc2c(c1)Oc1cc(NC(=O)OCc3ccc(C(=O)O)c(O)c3)ccc1C21OC(=O)c2ccccc21)OCc1ccc(C(=O)O)c(O)c1. The fraction of sp³-hybridized carbons (Fsp3) is 0.0789. The molecule has 5 aromatic carbocycles. The molecule has 1 spiro atoms. The molecule has 0 aromatic heterocycles. The molecule has 0 saturated carbocycles. The highest BCUT2D eigenvalue weighted by Gasteiger charge is 2.53. The molecule has 5 aromatic rings. The Hall–Kier alpha value is -7.55. The van der Waals surface area contributed by atoms with Gasteiger partial charge in [0.15, 0.2) is 5.60 Å². The van der Waals surface area contributed by atoms with E-state index in [1.54, 1.807) is 48.5 Å². The van der Waals surface area contributed by atoms with Gasteiger partial charge < -0.3 is 39.4 Å². The molecule has 0 saturated heterocycles. The van der Waals surface area contributed by atoms with Crippen LogP contribution in [0.25, 0.3) is 0 Å². The van der Waals surface area contributed by atoms with Crippen LogP contribution in [0.3, 0.4) is 0 Å². The Balaban J connectivity index is 1.13. The summed E-state index contributed by atoms with van der Waals surface area (Å²) < 4.78 is 22.9. The lowest BCUT2D eigenvalue weighted by Crippen LogP contribution is -2.33. The highest BCUT2D eigenvalue weighted by Crippen LogP contribution is 2.56. The molecule has 0 bridgehead atoms. The van der Waals surface area contributed by atoms with Gasteiger partial charge >= 0.3 is 30.1 Å². The fourth-order valence-electron chi connectivity index (χ4n) is 6.13. The number of anilines is 2. The summed E-state index contributed by atoms with van der Waals surface area (Å²) in [5.74, 6) is -3.72. The van der Waals surface area contributed by atoms with Gasteiger partial charge in [0.2, 0.25) is 0 Å². The monoisotopic (exact) mass is 718 g/mol. The molecule has 0 atom stereocenters. The zero-order valence-electron chi connectivity index (χ0n) is 27.1. The van der Waals surface area contributed by atoms with Gasteiger partial charge in [0.25, 0.3) is 0 Å². The number of esters is 1. The predicted molar refractivity (Wildman–Crippen MR) is 182 cm³/mol. The number of phenols is 2. The molecule has 0 fully saturated rings. The second kappa shape index (κ2) is 13.3. The first-order valence-corrected chi connectivity index (χ1v) is 15.7. The van der Waals surface area contributed by atoms with E-state index in [1.807, 2.05) is 0 Å². The first-order chi connectivity index (χ1) is 25.4. The third-order valence-corrected chi connectivity index (χ3v) is 8.53. The summed E-state index contributed by atoms with van der Waals surface area (Å²) in [7, 11) is 0. The van der Waals surface area contributed by atoms with Crippen molar-refractivity contribution in [2.45, 2.75) is 18.8 Å². The number of hydrogen-bond acceptors (Lipinski definition) is 11. The minimum absolute atomic E-state index is 0.207. The van der Waals surface area contributed by atoms with Crippen molar-refractivity contribution in [1.29, 1.82) is 0 Å². The quantitative estimate of drug-likeness (QED) is 0.0739. The summed E-state index contributed by atoms with van der Waals surface area (Å²) >= 11 is 0. The van der Waals surface area contributed by atoms with E-state index in [2.05, 4.69) is 10.6 Å². The van der Waals surface area contributed by atoms with Crippen molar-refractivity contribution in [3.63, 3.8) is 0 Å². The molecule has 0 radical (unpaired) electrons. The standard InChI is InChI=1S/C38H26N2O13/c41-29-13-19(5-9-24(29)33(43)44)17-50-36(48)39-21-7-11-27-31(15-21)52-32-16-22(40-37(49)51-18-20-6-10-25(34(45)46)30(42)14-20)8-12-28(32)38(27)26-4-2-1-3-23(26)35(47)53-38/h1-16,41-42H,17-18H2,(H,39,48)(H,40,49)(H,43,44)(H,45,46). The molecular weight excluding hydrogens is 692 g/mol. The van der Waals surface area contributed by atoms with Crippen molar-refractivity contribution < 1.29 is 63.3 Å². The summed E-state index contributed by atoms with van der Waals surface area (Å²) in [6.07, 6.45) is -1.73. The van der Waals surface area contributed by atoms with E-state index in [-0.39, 0.29) is 47.2 Å². The largest absolute Gasteiger partial charge is 0.507 e. The van der Waals surface area contributed by atoms with E-state index >= 15 is 0 Å². The third kappa shape index (κ3) is 6.33. The van der Waals surface area contributed by atoms with Crippen molar-refractivity contribution in [2.75, 3.05) is 10.6 Å². The molecule has 266 valence electrons. The molecule has 15 heteroatoms. The van der Waals surface area contributed by atoms with Crippen molar-refractivity contribution in [2.24, 2.45) is 0 Å². The summed E-state index contributed by atoms with van der Waals surface area (Å²) in [5, 5.41) is 43.3. The highest BCUT2D eigenvalue weighted by atomic mass is 16.6. The average Bonchev–Trinajstić information content (AvgIpc) is 3.41. The molecule has 0 unspecified atom stereocenters. The number of hydrogen-bond donors (Lipinski definition) is 6. The summed E-state index contributed by atoms with van der Waals surface area (Å²) in [6, 6.07) is 23.8. The lowest BCUT2D eigenvalue weighted by molar-refractivity contribution is 0.0224. The van der Waals surface area contributed by atoms with Gasteiger partial charge in [-0.1, -0.05) is 30.3 Å². The average molecular weight is 719 g/mol. The maximum atomic E-state index is 13.2. The number of carbonyl (C=O) groups excluding carboxylic acids is 3. The second-order valence-corrected chi connectivity index (χ2v) is 11.9. The van der Waals surface area contributed by atoms with Crippen LogP contribution in [0.4, 0.5) is 21.0 Å². The number of nitrogens with one attached hydrogen (secondary N) is 2. The number of rotatable bonds is 8. The van der Waals surface area contributed by atoms with Crippen molar-refractivity contribution in [1.82, 2.24) is 0 Å². The Bertz CT molecular complexity index is 2240. The topological polar surface area (TPSA) is 227 Å². The first kappa shape index (κ1) is 33.9. The van der Waals surface area contributed by atoms with Gasteiger partial charge in [-0.25, -0.2) is 24.0 Å². The maximum Gasteiger partial charge on any atom is 0.411 e. The van der Waals surface area contributed by atoms with Crippen LogP contribution < -0.4 is 15.4 Å². The van der Waals surface area contributed by atoms with Crippen molar-refractivity contribution >= 4 is 41.5 Å². The Kier molecular flexibility index (Phi) is 8.51. The molecule has 2 aliphatic rings. The normalized spacial score (nSPS) is 13.0. The Morgan fingerprint density at radius 3 is 1.58 bits per heavy atom. The zero-order valence-corrected chi connectivity index (χ0v) is 27.1. The molecular formula is C38H26N2O13. The van der Waals surface area contributed by atoms with E-state index in [0.29, 0.717) is 33.4 Å². The summed E-state index contributed by atoms with van der Waals surface area (Å²) in [4.78, 5) is 61.0. The minimum atomic E-state index is -1.46. The van der Waals surface area contributed by atoms with E-state index in [0.717, 1.165) is 0 Å². The number of fused-ring (bicyclic) bond motifs is 6. The Morgan fingerprint density at radius 1 is 0.623 bits per heavy atom. The van der Waals surface area contributed by atoms with Crippen LogP contribution in [0, 0.1) is 0 Å². The van der Waals surface area contributed by atoms with Gasteiger partial charge in [0, 0.05) is 40.2 Å². The fourth-order valence-corrected chi connectivity index (χ4v) is 6.13. The van der Waals surface area contributed by atoms with Crippen LogP contribution in [0.2, 0.25) is 0 Å². The molecule has 7 rings (SSSR count). The molecule has 2 amide bonds. The second-order valence-electron chi connectivity index (χ2n) is 11.9. The maximum absolute atomic E-state index is 13.2. The molecule has 2 aliphatic heterocycles.